The summed E-state index contributed by atoms with van der Waals surface area (Å²) in [5, 5.41) is 0. The van der Waals surface area contributed by atoms with E-state index in [9.17, 15) is 0 Å². The van der Waals surface area contributed by atoms with Gasteiger partial charge >= 0.3 is 0 Å². The second-order valence-electron chi connectivity index (χ2n) is 6.95. The minimum Gasteiger partial charge on any atom is -0.0885 e. The van der Waals surface area contributed by atoms with Crippen LogP contribution in [0.1, 0.15) is 78.1 Å². The molecule has 0 aromatic heterocycles. The first kappa shape index (κ1) is 20.7. The van der Waals surface area contributed by atoms with Gasteiger partial charge in [-0.15, -0.1) is 0 Å². The maximum absolute atomic E-state index is 2.43. The molecule has 0 heterocycles. The van der Waals surface area contributed by atoms with E-state index in [2.05, 4.69) is 74.6 Å². The molecule has 1 rings (SSSR count). The fourth-order valence-electron chi connectivity index (χ4n) is 2.83. The highest BCUT2D eigenvalue weighted by atomic mass is 14.3. The Morgan fingerprint density at radius 2 is 1.17 bits per heavy atom. The van der Waals surface area contributed by atoms with Crippen LogP contribution < -0.4 is 0 Å². The van der Waals surface area contributed by atoms with Crippen molar-refractivity contribution in [3.05, 3.63) is 60.8 Å². The average molecular weight is 327 g/mol. The topological polar surface area (TPSA) is 0 Å². The third-order valence-electron chi connectivity index (χ3n) is 4.61. The van der Waals surface area contributed by atoms with Crippen LogP contribution in [0, 0.1) is 11.8 Å². The quantitative estimate of drug-likeness (QED) is 0.224. The molecule has 0 radical (unpaired) electrons. The molecule has 24 heavy (non-hydrogen) atoms. The Balaban J connectivity index is 1.88. The molecule has 0 amide bonds. The first-order valence-electron chi connectivity index (χ1n) is 10.1. The fourth-order valence-corrected chi connectivity index (χ4v) is 2.83. The van der Waals surface area contributed by atoms with E-state index < -0.39 is 0 Å². The molecule has 0 heteroatoms. The molecular formula is C24H38. The standard InChI is InChI=1S/C24H38/c1-3-4-5-6-7-8-9-10-11-12-13-14-15-16-17-18-19-20-23(2)24-21-22-24/h4-5,7-8,10-11,13-14,16-17,23-24H,3,6,9,12,15,18-22H2,1-2H3. The largest absolute Gasteiger partial charge is 0.0885 e. The van der Waals surface area contributed by atoms with E-state index in [-0.39, 0.29) is 0 Å². The van der Waals surface area contributed by atoms with E-state index >= 15 is 0 Å². The van der Waals surface area contributed by atoms with Crippen molar-refractivity contribution in [2.45, 2.75) is 78.1 Å². The summed E-state index contributed by atoms with van der Waals surface area (Å²) in [5.41, 5.74) is 0. The molecule has 1 atom stereocenters. The summed E-state index contributed by atoms with van der Waals surface area (Å²) in [6.45, 7) is 4.60. The van der Waals surface area contributed by atoms with Crippen LogP contribution in [0.15, 0.2) is 60.8 Å². The van der Waals surface area contributed by atoms with E-state index in [4.69, 9.17) is 0 Å². The molecule has 0 aromatic carbocycles. The minimum absolute atomic E-state index is 0.965. The van der Waals surface area contributed by atoms with Crippen molar-refractivity contribution in [1.82, 2.24) is 0 Å². The van der Waals surface area contributed by atoms with E-state index in [1.165, 1.54) is 32.1 Å². The predicted molar refractivity (Wildman–Crippen MR) is 110 cm³/mol. The molecule has 0 aromatic rings. The van der Waals surface area contributed by atoms with Gasteiger partial charge in [0.05, 0.1) is 0 Å². The Labute approximate surface area is 151 Å². The van der Waals surface area contributed by atoms with Crippen molar-refractivity contribution in [3.8, 4) is 0 Å². The van der Waals surface area contributed by atoms with Gasteiger partial charge in [0, 0.05) is 0 Å². The Morgan fingerprint density at radius 3 is 1.62 bits per heavy atom. The Hall–Kier alpha value is -1.30. The van der Waals surface area contributed by atoms with Crippen molar-refractivity contribution in [2.24, 2.45) is 11.8 Å². The number of hydrogen-bond acceptors (Lipinski definition) is 0. The van der Waals surface area contributed by atoms with Gasteiger partial charge < -0.3 is 0 Å². The lowest BCUT2D eigenvalue weighted by molar-refractivity contribution is 0.456. The van der Waals surface area contributed by atoms with Gasteiger partial charge in [-0.3, -0.25) is 0 Å². The number of unbranched alkanes of at least 4 members (excludes halogenated alkanes) is 1. The van der Waals surface area contributed by atoms with Gasteiger partial charge in [-0.25, -0.2) is 0 Å². The maximum atomic E-state index is 2.43. The van der Waals surface area contributed by atoms with Gasteiger partial charge in [0.2, 0.25) is 0 Å². The summed E-state index contributed by atoms with van der Waals surface area (Å²) in [6, 6.07) is 0. The van der Waals surface area contributed by atoms with E-state index in [1.54, 1.807) is 0 Å². The van der Waals surface area contributed by atoms with Gasteiger partial charge in [-0.2, -0.15) is 0 Å². The van der Waals surface area contributed by atoms with Crippen LogP contribution in [0.3, 0.4) is 0 Å². The third kappa shape index (κ3) is 13.2. The first-order valence-corrected chi connectivity index (χ1v) is 10.1. The predicted octanol–water partition coefficient (Wildman–Crippen LogP) is 7.95. The maximum Gasteiger partial charge on any atom is -0.0169 e. The van der Waals surface area contributed by atoms with Gasteiger partial charge in [0.15, 0.2) is 0 Å². The number of allylic oxidation sites excluding steroid dienone is 10. The molecule has 0 nitrogen and oxygen atoms in total. The van der Waals surface area contributed by atoms with Crippen LogP contribution in [0.2, 0.25) is 0 Å². The Kier molecular flexibility index (Phi) is 13.2. The summed E-state index contributed by atoms with van der Waals surface area (Å²) in [4.78, 5) is 0. The second kappa shape index (κ2) is 15.2. The highest BCUT2D eigenvalue weighted by molar-refractivity contribution is 5.00. The van der Waals surface area contributed by atoms with Crippen LogP contribution in [-0.4, -0.2) is 0 Å². The van der Waals surface area contributed by atoms with Gasteiger partial charge in [-0.05, 0) is 69.6 Å². The molecule has 1 saturated carbocycles. The minimum atomic E-state index is 0.965. The SMILES string of the molecule is CCC=CCC=CCC=CCC=CCC=CCCCC(C)C1CC1. The number of hydrogen-bond donors (Lipinski definition) is 0. The van der Waals surface area contributed by atoms with Crippen LogP contribution in [0.5, 0.6) is 0 Å². The second-order valence-corrected chi connectivity index (χ2v) is 6.95. The molecule has 0 N–H and O–H groups in total. The Morgan fingerprint density at radius 1 is 0.708 bits per heavy atom. The zero-order valence-corrected chi connectivity index (χ0v) is 16.0. The van der Waals surface area contributed by atoms with E-state index in [0.717, 1.165) is 43.9 Å². The molecule has 1 aliphatic rings. The Bertz CT molecular complexity index is 415. The summed E-state index contributed by atoms with van der Waals surface area (Å²) in [6.07, 6.45) is 35.0. The molecule has 0 saturated heterocycles. The summed E-state index contributed by atoms with van der Waals surface area (Å²) in [7, 11) is 0. The number of rotatable bonds is 14. The lowest BCUT2D eigenvalue weighted by atomic mass is 9.99. The van der Waals surface area contributed by atoms with Crippen molar-refractivity contribution in [2.75, 3.05) is 0 Å². The van der Waals surface area contributed by atoms with Crippen LogP contribution >= 0.6 is 0 Å². The summed E-state index contributed by atoms with van der Waals surface area (Å²) < 4.78 is 0. The van der Waals surface area contributed by atoms with Crippen molar-refractivity contribution in [3.63, 3.8) is 0 Å². The smallest absolute Gasteiger partial charge is 0.0169 e. The molecule has 0 aliphatic heterocycles. The molecule has 134 valence electrons. The zero-order chi connectivity index (χ0) is 17.3. The van der Waals surface area contributed by atoms with Crippen molar-refractivity contribution in [1.29, 1.82) is 0 Å². The average Bonchev–Trinajstić information content (AvgIpc) is 3.42. The monoisotopic (exact) mass is 326 g/mol. The zero-order valence-electron chi connectivity index (χ0n) is 16.0. The first-order chi connectivity index (χ1) is 11.8. The van der Waals surface area contributed by atoms with Crippen LogP contribution in [0.25, 0.3) is 0 Å². The van der Waals surface area contributed by atoms with Crippen molar-refractivity contribution >= 4 is 0 Å². The van der Waals surface area contributed by atoms with Gasteiger partial charge in [0.1, 0.15) is 0 Å². The lowest BCUT2D eigenvalue weighted by Crippen LogP contribution is -1.95. The van der Waals surface area contributed by atoms with Crippen molar-refractivity contribution < 1.29 is 0 Å². The van der Waals surface area contributed by atoms with Crippen LogP contribution in [0.4, 0.5) is 0 Å². The highest BCUT2D eigenvalue weighted by Crippen LogP contribution is 2.38. The normalized spacial score (nSPS) is 17.4. The fraction of sp³-hybridized carbons (Fsp3) is 0.583. The van der Waals surface area contributed by atoms with E-state index in [1.807, 2.05) is 0 Å². The van der Waals surface area contributed by atoms with Gasteiger partial charge in [0.25, 0.3) is 0 Å². The highest BCUT2D eigenvalue weighted by Gasteiger charge is 2.26. The molecule has 1 aliphatic carbocycles. The van der Waals surface area contributed by atoms with Gasteiger partial charge in [-0.1, -0.05) is 81.0 Å². The molecule has 0 spiro atoms. The van der Waals surface area contributed by atoms with E-state index in [0.29, 0.717) is 0 Å². The summed E-state index contributed by atoms with van der Waals surface area (Å²) in [5.74, 6) is 2.03. The van der Waals surface area contributed by atoms with Crippen LogP contribution in [-0.2, 0) is 0 Å². The molecule has 1 unspecified atom stereocenters. The third-order valence-corrected chi connectivity index (χ3v) is 4.61. The molecule has 0 bridgehead atoms. The molecular weight excluding hydrogens is 288 g/mol. The summed E-state index contributed by atoms with van der Waals surface area (Å²) >= 11 is 0. The lowest BCUT2D eigenvalue weighted by Gasteiger charge is -2.07. The molecule has 1 fully saturated rings.